The maximum Gasteiger partial charge on any atom is 0.0486 e. The molecule has 0 aromatic heterocycles. The normalized spacial score (nSPS) is 8.00. The molecule has 7 N–H and O–H groups in total. The molecular weight excluding hydrogens is 164 g/mol. The second-order valence-corrected chi connectivity index (χ2v) is 2.09. The van der Waals surface area contributed by atoms with Crippen LogP contribution >= 0.6 is 11.6 Å². The van der Waals surface area contributed by atoms with Crippen LogP contribution in [0.25, 0.3) is 0 Å². The van der Waals surface area contributed by atoms with Crippen molar-refractivity contribution in [3.63, 3.8) is 0 Å². The van der Waals surface area contributed by atoms with Crippen molar-refractivity contribution in [2.75, 3.05) is 5.43 Å². The Morgan fingerprint density at radius 2 is 1.55 bits per heavy atom. The topological polar surface area (TPSA) is 90.1 Å². The third-order valence-corrected chi connectivity index (χ3v) is 1.26. The van der Waals surface area contributed by atoms with Gasteiger partial charge in [-0.1, -0.05) is 11.6 Å². The van der Waals surface area contributed by atoms with E-state index in [0.717, 1.165) is 5.69 Å². The Bertz CT molecular complexity index is 186. The van der Waals surface area contributed by atoms with Crippen LogP contribution in [0.3, 0.4) is 0 Å². The molecule has 0 fully saturated rings. The number of halogens is 1. The minimum Gasteiger partial charge on any atom is -0.324 e. The monoisotopic (exact) mass is 174 g/mol. The number of rotatable bonds is 1. The highest BCUT2D eigenvalue weighted by molar-refractivity contribution is 6.30. The van der Waals surface area contributed by atoms with Crippen molar-refractivity contribution >= 4 is 17.3 Å². The summed E-state index contributed by atoms with van der Waals surface area (Å²) in [5.74, 6) is 13.1. The minimum absolute atomic E-state index is 0.717. The number of nitrogens with two attached hydrogens (primary N) is 3. The first kappa shape index (κ1) is 10.2. The molecule has 0 aliphatic rings. The number of anilines is 1. The highest BCUT2D eigenvalue weighted by atomic mass is 35.5. The van der Waals surface area contributed by atoms with E-state index in [-0.39, 0.29) is 0 Å². The SMILES string of the molecule is NN.NNc1ccc(Cl)cc1. The molecule has 1 aromatic carbocycles. The van der Waals surface area contributed by atoms with Crippen LogP contribution in [-0.2, 0) is 0 Å². The van der Waals surface area contributed by atoms with Gasteiger partial charge in [-0.2, -0.15) is 0 Å². The second kappa shape index (κ2) is 5.94. The number of nitrogens with one attached hydrogen (secondary N) is 1. The highest BCUT2D eigenvalue weighted by Gasteiger charge is 1.85. The molecule has 5 heteroatoms. The van der Waals surface area contributed by atoms with E-state index in [1.54, 1.807) is 12.1 Å². The lowest BCUT2D eigenvalue weighted by Gasteiger charge is -1.96. The third-order valence-electron chi connectivity index (χ3n) is 1.01. The van der Waals surface area contributed by atoms with Crippen LogP contribution in [0.4, 0.5) is 5.69 Å². The van der Waals surface area contributed by atoms with Gasteiger partial charge in [0.05, 0.1) is 0 Å². The number of benzene rings is 1. The molecule has 4 nitrogen and oxygen atoms in total. The fourth-order valence-corrected chi connectivity index (χ4v) is 0.672. The molecule has 0 amide bonds. The summed E-state index contributed by atoms with van der Waals surface area (Å²) in [6.07, 6.45) is 0. The molecule has 0 unspecified atom stereocenters. The Balaban J connectivity index is 0.000000461. The lowest BCUT2D eigenvalue weighted by molar-refractivity contribution is 1.26. The van der Waals surface area contributed by atoms with E-state index in [1.165, 1.54) is 0 Å². The molecule has 0 saturated heterocycles. The van der Waals surface area contributed by atoms with Gasteiger partial charge in [0, 0.05) is 10.7 Å². The van der Waals surface area contributed by atoms with Crippen molar-refractivity contribution in [2.24, 2.45) is 17.5 Å². The molecule has 1 rings (SSSR count). The van der Waals surface area contributed by atoms with Gasteiger partial charge in [0.2, 0.25) is 0 Å². The van der Waals surface area contributed by atoms with Gasteiger partial charge in [-0.25, -0.2) is 0 Å². The summed E-state index contributed by atoms with van der Waals surface area (Å²) in [6, 6.07) is 7.16. The van der Waals surface area contributed by atoms with Gasteiger partial charge in [0.15, 0.2) is 0 Å². The molecule has 62 valence electrons. The van der Waals surface area contributed by atoms with Crippen molar-refractivity contribution in [3.8, 4) is 0 Å². The van der Waals surface area contributed by atoms with E-state index >= 15 is 0 Å². The number of hydrazine groups is 2. The summed E-state index contributed by atoms with van der Waals surface area (Å²) >= 11 is 5.60. The zero-order valence-electron chi connectivity index (χ0n) is 5.92. The Morgan fingerprint density at radius 1 is 1.09 bits per heavy atom. The van der Waals surface area contributed by atoms with Gasteiger partial charge in [0.25, 0.3) is 0 Å². The lowest BCUT2D eigenvalue weighted by atomic mass is 10.3. The Labute approximate surface area is 70.3 Å². The van der Waals surface area contributed by atoms with Crippen molar-refractivity contribution in [3.05, 3.63) is 29.3 Å². The molecule has 0 saturated carbocycles. The van der Waals surface area contributed by atoms with Gasteiger partial charge in [-0.05, 0) is 24.3 Å². The maximum absolute atomic E-state index is 5.60. The third kappa shape index (κ3) is 3.79. The molecule has 0 aliphatic heterocycles. The molecule has 0 spiro atoms. The van der Waals surface area contributed by atoms with Gasteiger partial charge in [-0.3, -0.25) is 17.5 Å². The zero-order valence-corrected chi connectivity index (χ0v) is 6.68. The Morgan fingerprint density at radius 3 is 1.91 bits per heavy atom. The van der Waals surface area contributed by atoms with Gasteiger partial charge in [-0.15, -0.1) is 0 Å². The molecule has 0 atom stereocenters. The molecule has 11 heavy (non-hydrogen) atoms. The summed E-state index contributed by atoms with van der Waals surface area (Å²) in [4.78, 5) is 0. The molecule has 0 bridgehead atoms. The zero-order chi connectivity index (χ0) is 8.69. The first-order valence-corrected chi connectivity index (χ1v) is 3.26. The summed E-state index contributed by atoms with van der Waals surface area (Å²) in [5, 5.41) is 0.717. The predicted molar refractivity (Wildman–Crippen MR) is 47.6 cm³/mol. The Hall–Kier alpha value is -0.810. The largest absolute Gasteiger partial charge is 0.324 e. The molecule has 0 aliphatic carbocycles. The van der Waals surface area contributed by atoms with Crippen LogP contribution in [0.5, 0.6) is 0 Å². The standard InChI is InChI=1S/C6H7ClN2.H4N2/c7-5-1-3-6(9-8)4-2-5;1-2/h1-4,9H,8H2;1-2H2. The van der Waals surface area contributed by atoms with Crippen LogP contribution < -0.4 is 23.0 Å². The maximum atomic E-state index is 5.60. The molecular formula is C6H11ClN4. The van der Waals surface area contributed by atoms with Crippen molar-refractivity contribution in [2.45, 2.75) is 0 Å². The van der Waals surface area contributed by atoms with Crippen LogP contribution in [0.2, 0.25) is 5.02 Å². The van der Waals surface area contributed by atoms with Gasteiger partial charge >= 0.3 is 0 Å². The van der Waals surface area contributed by atoms with E-state index in [1.807, 2.05) is 12.1 Å². The van der Waals surface area contributed by atoms with Crippen LogP contribution in [0.1, 0.15) is 0 Å². The highest BCUT2D eigenvalue weighted by Crippen LogP contribution is 2.11. The summed E-state index contributed by atoms with van der Waals surface area (Å²) in [6.45, 7) is 0. The number of hydrogen-bond acceptors (Lipinski definition) is 4. The van der Waals surface area contributed by atoms with Crippen molar-refractivity contribution in [1.82, 2.24) is 0 Å². The number of hydrogen-bond donors (Lipinski definition) is 4. The molecule has 1 aromatic rings. The average molecular weight is 175 g/mol. The van der Waals surface area contributed by atoms with Crippen LogP contribution in [0, 0.1) is 0 Å². The second-order valence-electron chi connectivity index (χ2n) is 1.65. The summed E-state index contributed by atoms with van der Waals surface area (Å²) in [5.41, 5.74) is 3.36. The fraction of sp³-hybridized carbons (Fsp3) is 0. The van der Waals surface area contributed by atoms with E-state index in [2.05, 4.69) is 17.1 Å². The van der Waals surface area contributed by atoms with E-state index in [0.29, 0.717) is 5.02 Å². The van der Waals surface area contributed by atoms with Gasteiger partial charge < -0.3 is 5.43 Å². The quantitative estimate of drug-likeness (QED) is 0.368. The van der Waals surface area contributed by atoms with E-state index < -0.39 is 0 Å². The predicted octanol–water partition coefficient (Wildman–Crippen LogP) is 0.444. The first-order valence-electron chi connectivity index (χ1n) is 2.88. The van der Waals surface area contributed by atoms with E-state index in [9.17, 15) is 0 Å². The molecule has 0 heterocycles. The Kier molecular flexibility index (Phi) is 5.50. The summed E-state index contributed by atoms with van der Waals surface area (Å²) in [7, 11) is 0. The number of nitrogen functional groups attached to an aromatic ring is 1. The lowest BCUT2D eigenvalue weighted by Crippen LogP contribution is -2.05. The first-order chi connectivity index (χ1) is 5.33. The van der Waals surface area contributed by atoms with Gasteiger partial charge in [0.1, 0.15) is 0 Å². The van der Waals surface area contributed by atoms with Crippen molar-refractivity contribution < 1.29 is 0 Å². The minimum atomic E-state index is 0.717. The fourth-order valence-electron chi connectivity index (χ4n) is 0.546. The molecule has 0 radical (unpaired) electrons. The van der Waals surface area contributed by atoms with Crippen molar-refractivity contribution in [1.29, 1.82) is 0 Å². The van der Waals surface area contributed by atoms with Crippen LogP contribution in [-0.4, -0.2) is 0 Å². The summed E-state index contributed by atoms with van der Waals surface area (Å²) < 4.78 is 0. The van der Waals surface area contributed by atoms with E-state index in [4.69, 9.17) is 17.4 Å². The van der Waals surface area contributed by atoms with Crippen LogP contribution in [0.15, 0.2) is 24.3 Å². The smallest absolute Gasteiger partial charge is 0.0486 e. The average Bonchev–Trinajstić information content (AvgIpc) is 2.10.